The van der Waals surface area contributed by atoms with Gasteiger partial charge in [-0.15, -0.1) is 0 Å². The Balaban J connectivity index is 2.10. The molecule has 0 aliphatic carbocycles. The van der Waals surface area contributed by atoms with Crippen LogP contribution in [0, 0.1) is 11.8 Å². The first-order valence-electron chi connectivity index (χ1n) is 7.84. The Labute approximate surface area is 145 Å². The van der Waals surface area contributed by atoms with Crippen LogP contribution >= 0.6 is 0 Å². The summed E-state index contributed by atoms with van der Waals surface area (Å²) in [5, 5.41) is 0. The van der Waals surface area contributed by atoms with Gasteiger partial charge in [0.15, 0.2) is 0 Å². The maximum absolute atomic E-state index is 4.13. The van der Waals surface area contributed by atoms with Crippen molar-refractivity contribution in [2.75, 3.05) is 38.0 Å². The third-order valence-electron chi connectivity index (χ3n) is 3.84. The fraction of sp³-hybridized carbons (Fsp3) is 0.182. The third kappa shape index (κ3) is 4.30. The van der Waals surface area contributed by atoms with Crippen LogP contribution < -0.4 is 9.80 Å². The number of anilines is 2. The normalized spacial score (nSPS) is 9.67. The molecule has 2 rings (SSSR count). The van der Waals surface area contributed by atoms with Crippen molar-refractivity contribution in [3.8, 4) is 11.8 Å². The van der Waals surface area contributed by atoms with Gasteiger partial charge in [-0.25, -0.2) is 0 Å². The maximum atomic E-state index is 4.13. The molecule has 0 heterocycles. The average molecular weight is 316 g/mol. The van der Waals surface area contributed by atoms with Gasteiger partial charge >= 0.3 is 0 Å². The molecule has 0 aliphatic heterocycles. The highest BCUT2D eigenvalue weighted by molar-refractivity contribution is 5.82. The average Bonchev–Trinajstić information content (AvgIpc) is 2.59. The van der Waals surface area contributed by atoms with E-state index in [0.717, 1.165) is 33.6 Å². The number of nitrogens with zero attached hydrogens (tertiary/aromatic N) is 2. The SMILES string of the molecule is C=C(C#Cc1ccc(N(C)C)cc1)C(=C)c1ccc(N(C)C)cc1. The van der Waals surface area contributed by atoms with Crippen molar-refractivity contribution >= 4 is 16.9 Å². The first-order valence-corrected chi connectivity index (χ1v) is 7.84. The maximum Gasteiger partial charge on any atom is 0.0361 e. The van der Waals surface area contributed by atoms with Gasteiger partial charge in [0, 0.05) is 50.7 Å². The highest BCUT2D eigenvalue weighted by Gasteiger charge is 2.02. The van der Waals surface area contributed by atoms with Gasteiger partial charge < -0.3 is 9.80 Å². The van der Waals surface area contributed by atoms with Crippen molar-refractivity contribution in [1.82, 2.24) is 0 Å². The van der Waals surface area contributed by atoms with Crippen LogP contribution in [0.5, 0.6) is 0 Å². The lowest BCUT2D eigenvalue weighted by Crippen LogP contribution is -2.08. The Morgan fingerprint density at radius 2 is 1.21 bits per heavy atom. The van der Waals surface area contributed by atoms with E-state index in [0.29, 0.717) is 0 Å². The van der Waals surface area contributed by atoms with E-state index < -0.39 is 0 Å². The largest absolute Gasteiger partial charge is 0.378 e. The Bertz CT molecular complexity index is 783. The van der Waals surface area contributed by atoms with Gasteiger partial charge in [-0.05, 0) is 47.5 Å². The molecule has 0 unspecified atom stereocenters. The molecule has 0 atom stereocenters. The molecule has 0 bridgehead atoms. The van der Waals surface area contributed by atoms with Crippen LogP contribution in [0.25, 0.3) is 5.57 Å². The van der Waals surface area contributed by atoms with Crippen molar-refractivity contribution in [1.29, 1.82) is 0 Å². The highest BCUT2D eigenvalue weighted by Crippen LogP contribution is 2.22. The molecular weight excluding hydrogens is 292 g/mol. The molecule has 2 heteroatoms. The van der Waals surface area contributed by atoms with Crippen molar-refractivity contribution < 1.29 is 0 Å². The molecule has 0 amide bonds. The van der Waals surface area contributed by atoms with Crippen molar-refractivity contribution in [2.45, 2.75) is 0 Å². The fourth-order valence-electron chi connectivity index (χ4n) is 2.20. The van der Waals surface area contributed by atoms with E-state index in [1.807, 2.05) is 40.3 Å². The summed E-state index contributed by atoms with van der Waals surface area (Å²) < 4.78 is 0. The van der Waals surface area contributed by atoms with Crippen molar-refractivity contribution in [3.63, 3.8) is 0 Å². The molecule has 0 spiro atoms. The first kappa shape index (κ1) is 17.4. The topological polar surface area (TPSA) is 6.48 Å². The predicted octanol–water partition coefficient (Wildman–Crippen LogP) is 4.44. The summed E-state index contributed by atoms with van der Waals surface area (Å²) in [6.07, 6.45) is 0. The zero-order valence-corrected chi connectivity index (χ0v) is 14.9. The molecule has 0 saturated heterocycles. The van der Waals surface area contributed by atoms with Crippen LogP contribution in [0.1, 0.15) is 11.1 Å². The first-order chi connectivity index (χ1) is 11.4. The summed E-state index contributed by atoms with van der Waals surface area (Å²) in [6.45, 7) is 8.18. The summed E-state index contributed by atoms with van der Waals surface area (Å²) in [6, 6.07) is 16.4. The molecule has 2 aromatic carbocycles. The quantitative estimate of drug-likeness (QED) is 0.608. The third-order valence-corrected chi connectivity index (χ3v) is 3.84. The monoisotopic (exact) mass is 316 g/mol. The minimum absolute atomic E-state index is 0.740. The van der Waals surface area contributed by atoms with E-state index in [1.165, 1.54) is 0 Å². The summed E-state index contributed by atoms with van der Waals surface area (Å²) in [7, 11) is 8.09. The standard InChI is InChI=1S/C22H24N2/c1-17(7-8-19-9-13-21(14-10-19)23(3)4)18(2)20-11-15-22(16-12-20)24(5)6/h9-16H,1-2H2,3-6H3. The molecular formula is C22H24N2. The summed E-state index contributed by atoms with van der Waals surface area (Å²) in [5.41, 5.74) is 5.93. The number of allylic oxidation sites excluding steroid dienone is 2. The van der Waals surface area contributed by atoms with Crippen LogP contribution in [0.15, 0.2) is 67.3 Å². The van der Waals surface area contributed by atoms with E-state index in [2.05, 4.69) is 71.2 Å². The minimum atomic E-state index is 0.740. The molecule has 0 saturated carbocycles. The van der Waals surface area contributed by atoms with Gasteiger partial charge in [0.25, 0.3) is 0 Å². The van der Waals surface area contributed by atoms with E-state index in [4.69, 9.17) is 0 Å². The zero-order chi connectivity index (χ0) is 17.7. The number of hydrogen-bond acceptors (Lipinski definition) is 2. The summed E-state index contributed by atoms with van der Waals surface area (Å²) >= 11 is 0. The summed E-state index contributed by atoms with van der Waals surface area (Å²) in [5.74, 6) is 6.27. The Hall–Kier alpha value is -2.92. The molecule has 2 nitrogen and oxygen atoms in total. The predicted molar refractivity (Wildman–Crippen MR) is 107 cm³/mol. The molecule has 24 heavy (non-hydrogen) atoms. The van der Waals surface area contributed by atoms with Crippen LogP contribution in [-0.2, 0) is 0 Å². The lowest BCUT2D eigenvalue weighted by Gasteiger charge is -2.13. The minimum Gasteiger partial charge on any atom is -0.378 e. The van der Waals surface area contributed by atoms with E-state index in [-0.39, 0.29) is 0 Å². The lowest BCUT2D eigenvalue weighted by atomic mass is 10.0. The smallest absolute Gasteiger partial charge is 0.0361 e. The van der Waals surface area contributed by atoms with Gasteiger partial charge in [-0.1, -0.05) is 37.1 Å². The Kier molecular flexibility index (Phi) is 5.50. The lowest BCUT2D eigenvalue weighted by molar-refractivity contribution is 1.13. The van der Waals surface area contributed by atoms with Crippen molar-refractivity contribution in [2.24, 2.45) is 0 Å². The van der Waals surface area contributed by atoms with E-state index >= 15 is 0 Å². The van der Waals surface area contributed by atoms with Crippen LogP contribution in [0.3, 0.4) is 0 Å². The Morgan fingerprint density at radius 3 is 1.67 bits per heavy atom. The number of benzene rings is 2. The molecule has 0 radical (unpaired) electrons. The number of hydrogen-bond donors (Lipinski definition) is 0. The molecule has 0 aliphatic rings. The summed E-state index contributed by atoms with van der Waals surface area (Å²) in [4.78, 5) is 4.13. The second kappa shape index (κ2) is 7.57. The van der Waals surface area contributed by atoms with E-state index in [1.54, 1.807) is 0 Å². The van der Waals surface area contributed by atoms with Crippen LogP contribution in [-0.4, -0.2) is 28.2 Å². The Morgan fingerprint density at radius 1 is 0.750 bits per heavy atom. The van der Waals surface area contributed by atoms with Crippen LogP contribution in [0.4, 0.5) is 11.4 Å². The van der Waals surface area contributed by atoms with Crippen LogP contribution in [0.2, 0.25) is 0 Å². The molecule has 0 fully saturated rings. The van der Waals surface area contributed by atoms with Gasteiger partial charge in [0.05, 0.1) is 0 Å². The van der Waals surface area contributed by atoms with Crippen molar-refractivity contribution in [3.05, 3.63) is 78.4 Å². The molecule has 2 aromatic rings. The van der Waals surface area contributed by atoms with Gasteiger partial charge in [-0.2, -0.15) is 0 Å². The van der Waals surface area contributed by atoms with Gasteiger partial charge in [0.1, 0.15) is 0 Å². The molecule has 0 aromatic heterocycles. The second-order valence-electron chi connectivity index (χ2n) is 6.09. The number of rotatable bonds is 4. The van der Waals surface area contributed by atoms with Gasteiger partial charge in [-0.3, -0.25) is 0 Å². The van der Waals surface area contributed by atoms with E-state index in [9.17, 15) is 0 Å². The molecule has 0 N–H and O–H groups in total. The second-order valence-corrected chi connectivity index (χ2v) is 6.09. The van der Waals surface area contributed by atoms with Gasteiger partial charge in [0.2, 0.25) is 0 Å². The fourth-order valence-corrected chi connectivity index (χ4v) is 2.20. The highest BCUT2D eigenvalue weighted by atomic mass is 15.1. The zero-order valence-electron chi connectivity index (χ0n) is 14.9. The molecule has 122 valence electrons.